The first-order valence-electron chi connectivity index (χ1n) is 6.66. The fourth-order valence-corrected chi connectivity index (χ4v) is 2.28. The summed E-state index contributed by atoms with van der Waals surface area (Å²) in [6.45, 7) is 2.13. The second kappa shape index (κ2) is 5.33. The lowest BCUT2D eigenvalue weighted by molar-refractivity contribution is -0.154. The van der Waals surface area contributed by atoms with Crippen LogP contribution in [0.1, 0.15) is 18.9 Å². The molecule has 0 aromatic heterocycles. The van der Waals surface area contributed by atoms with Crippen LogP contribution in [0.3, 0.4) is 0 Å². The quantitative estimate of drug-likeness (QED) is 0.805. The van der Waals surface area contributed by atoms with E-state index in [0.717, 1.165) is 16.7 Å². The van der Waals surface area contributed by atoms with Gasteiger partial charge in [-0.2, -0.15) is 0 Å². The SMILES string of the molecule is CCOC(=O)C1CC(c2ccc3ccccc3c2)=NO1. The van der Waals surface area contributed by atoms with Gasteiger partial charge in [0.05, 0.1) is 12.3 Å². The number of oxime groups is 1. The maximum Gasteiger partial charge on any atom is 0.350 e. The highest BCUT2D eigenvalue weighted by Crippen LogP contribution is 2.21. The lowest BCUT2D eigenvalue weighted by atomic mass is 10.0. The Morgan fingerprint density at radius 1 is 1.30 bits per heavy atom. The van der Waals surface area contributed by atoms with Crippen molar-refractivity contribution in [2.24, 2.45) is 5.16 Å². The largest absolute Gasteiger partial charge is 0.463 e. The second-order valence-corrected chi connectivity index (χ2v) is 4.65. The number of nitrogens with zero attached hydrogens (tertiary/aromatic N) is 1. The van der Waals surface area contributed by atoms with Crippen molar-refractivity contribution in [1.29, 1.82) is 0 Å². The minimum Gasteiger partial charge on any atom is -0.463 e. The minimum absolute atomic E-state index is 0.351. The van der Waals surface area contributed by atoms with Crippen LogP contribution in [0, 0.1) is 0 Å². The highest BCUT2D eigenvalue weighted by molar-refractivity contribution is 6.05. The first-order valence-corrected chi connectivity index (χ1v) is 6.66. The number of rotatable bonds is 3. The minimum atomic E-state index is -0.614. The van der Waals surface area contributed by atoms with Gasteiger partial charge in [0.25, 0.3) is 0 Å². The van der Waals surface area contributed by atoms with Crippen LogP contribution in [-0.2, 0) is 14.4 Å². The summed E-state index contributed by atoms with van der Waals surface area (Å²) < 4.78 is 4.94. The Kier molecular flexibility index (Phi) is 3.37. The summed E-state index contributed by atoms with van der Waals surface area (Å²) in [5.74, 6) is -0.355. The van der Waals surface area contributed by atoms with Gasteiger partial charge in [-0.1, -0.05) is 41.6 Å². The molecule has 1 aliphatic heterocycles. The van der Waals surface area contributed by atoms with Crippen molar-refractivity contribution in [3.8, 4) is 0 Å². The third-order valence-corrected chi connectivity index (χ3v) is 3.30. The van der Waals surface area contributed by atoms with Crippen LogP contribution in [0.4, 0.5) is 0 Å². The molecule has 0 N–H and O–H groups in total. The summed E-state index contributed by atoms with van der Waals surface area (Å²) in [5.41, 5.74) is 1.77. The van der Waals surface area contributed by atoms with Crippen molar-refractivity contribution in [1.82, 2.24) is 0 Å². The van der Waals surface area contributed by atoms with E-state index in [4.69, 9.17) is 9.57 Å². The van der Waals surface area contributed by atoms with E-state index < -0.39 is 6.10 Å². The number of fused-ring (bicyclic) bond motifs is 1. The number of carbonyl (C=O) groups is 1. The zero-order valence-corrected chi connectivity index (χ0v) is 11.2. The van der Waals surface area contributed by atoms with E-state index in [1.54, 1.807) is 6.92 Å². The summed E-state index contributed by atoms with van der Waals surface area (Å²) >= 11 is 0. The van der Waals surface area contributed by atoms with Gasteiger partial charge in [-0.3, -0.25) is 0 Å². The molecule has 0 amide bonds. The van der Waals surface area contributed by atoms with Gasteiger partial charge in [0.1, 0.15) is 0 Å². The van der Waals surface area contributed by atoms with Crippen molar-refractivity contribution in [2.45, 2.75) is 19.4 Å². The van der Waals surface area contributed by atoms with E-state index in [1.807, 2.05) is 24.3 Å². The Hall–Kier alpha value is -2.36. The number of hydrogen-bond donors (Lipinski definition) is 0. The Labute approximate surface area is 117 Å². The van der Waals surface area contributed by atoms with Crippen molar-refractivity contribution < 1.29 is 14.4 Å². The van der Waals surface area contributed by atoms with Crippen molar-refractivity contribution in [2.75, 3.05) is 6.61 Å². The molecule has 0 bridgehead atoms. The molecule has 0 radical (unpaired) electrons. The zero-order chi connectivity index (χ0) is 13.9. The molecule has 1 unspecified atom stereocenters. The molecule has 0 saturated heterocycles. The summed E-state index contributed by atoms with van der Waals surface area (Å²) in [4.78, 5) is 16.8. The van der Waals surface area contributed by atoms with E-state index in [1.165, 1.54) is 5.39 Å². The Bertz CT molecular complexity index is 678. The highest BCUT2D eigenvalue weighted by Gasteiger charge is 2.29. The average Bonchev–Trinajstić information content (AvgIpc) is 2.97. The van der Waals surface area contributed by atoms with E-state index in [9.17, 15) is 4.79 Å². The maximum absolute atomic E-state index is 11.6. The molecule has 2 aromatic rings. The van der Waals surface area contributed by atoms with E-state index in [0.29, 0.717) is 13.0 Å². The monoisotopic (exact) mass is 269 g/mol. The van der Waals surface area contributed by atoms with Gasteiger partial charge in [-0.15, -0.1) is 0 Å². The van der Waals surface area contributed by atoms with Crippen LogP contribution < -0.4 is 0 Å². The van der Waals surface area contributed by atoms with Crippen LogP contribution in [0.5, 0.6) is 0 Å². The Morgan fingerprint density at radius 3 is 2.90 bits per heavy atom. The molecule has 4 heteroatoms. The summed E-state index contributed by atoms with van der Waals surface area (Å²) in [5, 5.41) is 6.34. The van der Waals surface area contributed by atoms with Gasteiger partial charge in [0.15, 0.2) is 0 Å². The van der Waals surface area contributed by atoms with Crippen LogP contribution in [-0.4, -0.2) is 24.4 Å². The molecule has 102 valence electrons. The Balaban J connectivity index is 1.81. The number of benzene rings is 2. The summed E-state index contributed by atoms with van der Waals surface area (Å²) in [6, 6.07) is 14.2. The molecule has 1 heterocycles. The topological polar surface area (TPSA) is 47.9 Å². The third kappa shape index (κ3) is 2.37. The van der Waals surface area contributed by atoms with Gasteiger partial charge in [0.2, 0.25) is 6.10 Å². The van der Waals surface area contributed by atoms with Crippen molar-refractivity contribution >= 4 is 22.5 Å². The fraction of sp³-hybridized carbons (Fsp3) is 0.250. The van der Waals surface area contributed by atoms with E-state index >= 15 is 0 Å². The second-order valence-electron chi connectivity index (χ2n) is 4.65. The number of ether oxygens (including phenoxy) is 1. The first kappa shape index (κ1) is 12.7. The molecule has 20 heavy (non-hydrogen) atoms. The van der Waals surface area contributed by atoms with Crippen molar-refractivity contribution in [3.63, 3.8) is 0 Å². The van der Waals surface area contributed by atoms with Gasteiger partial charge < -0.3 is 9.57 Å². The zero-order valence-electron chi connectivity index (χ0n) is 11.2. The molecule has 3 rings (SSSR count). The predicted octanol–water partition coefficient (Wildman–Crippen LogP) is 2.90. The molecule has 0 aliphatic carbocycles. The fourth-order valence-electron chi connectivity index (χ4n) is 2.28. The number of esters is 1. The van der Waals surface area contributed by atoms with Crippen LogP contribution in [0.15, 0.2) is 47.6 Å². The summed E-state index contributed by atoms with van der Waals surface area (Å²) in [7, 11) is 0. The first-order chi connectivity index (χ1) is 9.78. The lowest BCUT2D eigenvalue weighted by Crippen LogP contribution is -2.23. The lowest BCUT2D eigenvalue weighted by Gasteiger charge is -2.06. The van der Waals surface area contributed by atoms with Gasteiger partial charge in [0, 0.05) is 12.0 Å². The maximum atomic E-state index is 11.6. The van der Waals surface area contributed by atoms with Gasteiger partial charge in [-0.25, -0.2) is 4.79 Å². The molecular weight excluding hydrogens is 254 g/mol. The molecule has 0 fully saturated rings. The molecular formula is C16H15NO3. The van der Waals surface area contributed by atoms with Crippen LogP contribution in [0.2, 0.25) is 0 Å². The normalized spacial score (nSPS) is 17.6. The van der Waals surface area contributed by atoms with Crippen molar-refractivity contribution in [3.05, 3.63) is 48.0 Å². The van der Waals surface area contributed by atoms with E-state index in [-0.39, 0.29) is 5.97 Å². The summed E-state index contributed by atoms with van der Waals surface area (Å²) in [6.07, 6.45) is -0.159. The van der Waals surface area contributed by atoms with Gasteiger partial charge >= 0.3 is 5.97 Å². The standard InChI is InChI=1S/C16H15NO3/c1-2-19-16(18)15-10-14(17-20-15)13-8-7-11-5-3-4-6-12(11)9-13/h3-9,15H,2,10H2,1H3. The molecule has 4 nitrogen and oxygen atoms in total. The molecule has 1 atom stereocenters. The Morgan fingerprint density at radius 2 is 2.10 bits per heavy atom. The molecule has 0 saturated carbocycles. The predicted molar refractivity (Wildman–Crippen MR) is 76.6 cm³/mol. The molecule has 1 aliphatic rings. The van der Waals surface area contributed by atoms with E-state index in [2.05, 4.69) is 23.4 Å². The average molecular weight is 269 g/mol. The number of hydrogen-bond acceptors (Lipinski definition) is 4. The molecule has 0 spiro atoms. The molecule has 2 aromatic carbocycles. The van der Waals surface area contributed by atoms with Gasteiger partial charge in [-0.05, 0) is 23.8 Å². The highest BCUT2D eigenvalue weighted by atomic mass is 16.7. The van der Waals surface area contributed by atoms with Crippen LogP contribution in [0.25, 0.3) is 10.8 Å². The smallest absolute Gasteiger partial charge is 0.350 e. The number of carbonyl (C=O) groups excluding carboxylic acids is 1. The van der Waals surface area contributed by atoms with Crippen LogP contribution >= 0.6 is 0 Å². The third-order valence-electron chi connectivity index (χ3n) is 3.30.